The van der Waals surface area contributed by atoms with Crippen LogP contribution in [0.25, 0.3) is 0 Å². The summed E-state index contributed by atoms with van der Waals surface area (Å²) < 4.78 is 5.88. The van der Waals surface area contributed by atoms with E-state index >= 15 is 0 Å². The van der Waals surface area contributed by atoms with Crippen molar-refractivity contribution in [3.8, 4) is 11.5 Å². The minimum absolute atomic E-state index is 0.00125. The molecule has 1 heterocycles. The van der Waals surface area contributed by atoms with E-state index in [0.717, 1.165) is 5.57 Å². The van der Waals surface area contributed by atoms with Crippen molar-refractivity contribution in [2.45, 2.75) is 25.7 Å². The fraction of sp³-hybridized carbons (Fsp3) is 0.333. The van der Waals surface area contributed by atoms with E-state index in [4.69, 9.17) is 4.74 Å². The highest BCUT2D eigenvalue weighted by Crippen LogP contribution is 2.54. The Morgan fingerprint density at radius 2 is 1.88 bits per heavy atom. The molecule has 1 fully saturated rings. The molecule has 7 nitrogen and oxygen atoms in total. The Kier molecular flexibility index (Phi) is 4.88. The second-order valence-electron chi connectivity index (χ2n) is 8.64. The van der Waals surface area contributed by atoms with Crippen molar-refractivity contribution in [3.63, 3.8) is 0 Å². The smallest absolute Gasteiger partial charge is 0.231 e. The predicted octanol–water partition coefficient (Wildman–Crippen LogP) is 2.72. The lowest BCUT2D eigenvalue weighted by molar-refractivity contribution is -0.126. The summed E-state index contributed by atoms with van der Waals surface area (Å²) in [5, 5.41) is 12.8. The fourth-order valence-electron chi connectivity index (χ4n) is 5.59. The summed E-state index contributed by atoms with van der Waals surface area (Å²) in [7, 11) is 1.45. The number of halogens is 1. The number of phenolic OH excluding ortho intramolecular Hbond substituents is 1. The van der Waals surface area contributed by atoms with E-state index in [1.165, 1.54) is 13.2 Å². The van der Waals surface area contributed by atoms with Crippen LogP contribution in [-0.2, 0) is 19.2 Å². The molecule has 0 radical (unpaired) electrons. The van der Waals surface area contributed by atoms with E-state index in [2.05, 4.69) is 5.32 Å². The van der Waals surface area contributed by atoms with Crippen LogP contribution in [0, 0.1) is 21.3 Å². The largest absolute Gasteiger partial charge is 0.504 e. The first-order valence-electron chi connectivity index (χ1n) is 10.3. The summed E-state index contributed by atoms with van der Waals surface area (Å²) in [6, 6.07) is 3.44. The Hall–Kier alpha value is -2.75. The highest BCUT2D eigenvalue weighted by Gasteiger charge is 2.53. The van der Waals surface area contributed by atoms with E-state index in [1.54, 1.807) is 19.1 Å². The lowest BCUT2D eigenvalue weighted by atomic mass is 9.59. The maximum Gasteiger partial charge on any atom is 0.231 e. The molecule has 2 N–H and O–H groups in total. The number of amides is 2. The van der Waals surface area contributed by atoms with Gasteiger partial charge >= 0.3 is 0 Å². The van der Waals surface area contributed by atoms with E-state index in [1.807, 2.05) is 28.7 Å². The highest BCUT2D eigenvalue weighted by molar-refractivity contribution is 14.1. The number of ketones is 2. The van der Waals surface area contributed by atoms with Gasteiger partial charge in [0.05, 0.1) is 22.5 Å². The first-order chi connectivity index (χ1) is 15.2. The van der Waals surface area contributed by atoms with Gasteiger partial charge in [-0.15, -0.1) is 0 Å². The quantitative estimate of drug-likeness (QED) is 0.256. The van der Waals surface area contributed by atoms with Crippen LogP contribution in [0.3, 0.4) is 0 Å². The molecule has 0 saturated carbocycles. The molecule has 4 unspecified atom stereocenters. The summed E-state index contributed by atoms with van der Waals surface area (Å²) in [4.78, 5) is 51.3. The van der Waals surface area contributed by atoms with Gasteiger partial charge in [-0.05, 0) is 72.0 Å². The summed E-state index contributed by atoms with van der Waals surface area (Å²) >= 11 is 2.00. The predicted molar refractivity (Wildman–Crippen MR) is 122 cm³/mol. The van der Waals surface area contributed by atoms with Gasteiger partial charge in [0.1, 0.15) is 0 Å². The number of phenols is 1. The van der Waals surface area contributed by atoms with Crippen molar-refractivity contribution in [1.82, 2.24) is 5.32 Å². The Labute approximate surface area is 197 Å². The maximum absolute atomic E-state index is 13.2. The molecule has 0 bridgehead atoms. The topological polar surface area (TPSA) is 110 Å². The number of rotatable bonds is 2. The average Bonchev–Trinajstić information content (AvgIpc) is 3.06. The number of benzene rings is 1. The fourth-order valence-corrected chi connectivity index (χ4v) is 6.21. The minimum atomic E-state index is -0.564. The molecule has 1 saturated heterocycles. The van der Waals surface area contributed by atoms with Crippen LogP contribution in [0.4, 0.5) is 0 Å². The summed E-state index contributed by atoms with van der Waals surface area (Å²) in [5.74, 6) is -2.70. The van der Waals surface area contributed by atoms with Crippen molar-refractivity contribution in [1.29, 1.82) is 0 Å². The lowest BCUT2D eigenvalue weighted by Gasteiger charge is -2.42. The number of ether oxygens (including phenoxy) is 1. The molecule has 2 amide bonds. The third-order valence-corrected chi connectivity index (χ3v) is 7.83. The van der Waals surface area contributed by atoms with Crippen LogP contribution in [0.1, 0.15) is 31.2 Å². The van der Waals surface area contributed by atoms with Gasteiger partial charge in [-0.3, -0.25) is 24.5 Å². The number of imide groups is 1. The zero-order chi connectivity index (χ0) is 22.9. The van der Waals surface area contributed by atoms with E-state index < -0.39 is 17.8 Å². The second kappa shape index (κ2) is 7.40. The van der Waals surface area contributed by atoms with Crippen molar-refractivity contribution in [2.24, 2.45) is 17.8 Å². The molecule has 5 rings (SSSR count). The van der Waals surface area contributed by atoms with Crippen LogP contribution >= 0.6 is 22.6 Å². The van der Waals surface area contributed by atoms with Crippen molar-refractivity contribution in [2.75, 3.05) is 7.11 Å². The molecule has 4 atom stereocenters. The number of allylic oxidation sites excluding steroid dienone is 6. The third-order valence-electron chi connectivity index (χ3n) is 7.01. The van der Waals surface area contributed by atoms with Gasteiger partial charge in [0, 0.05) is 22.6 Å². The Balaban J connectivity index is 1.74. The number of nitrogens with one attached hydrogen (secondary N) is 1. The molecule has 0 aromatic heterocycles. The zero-order valence-corrected chi connectivity index (χ0v) is 19.6. The van der Waals surface area contributed by atoms with Crippen LogP contribution in [0.15, 0.2) is 46.6 Å². The number of Topliss-reactive ketones (excluding diaryl/α,β-unsaturated/α-hetero) is 1. The van der Waals surface area contributed by atoms with Gasteiger partial charge < -0.3 is 9.84 Å². The van der Waals surface area contributed by atoms with Gasteiger partial charge in [-0.1, -0.05) is 11.6 Å². The zero-order valence-electron chi connectivity index (χ0n) is 17.4. The molecular weight excluding hydrogens is 525 g/mol. The van der Waals surface area contributed by atoms with Crippen LogP contribution in [0.2, 0.25) is 0 Å². The molecular formula is C24H20INO6. The molecule has 32 heavy (non-hydrogen) atoms. The minimum Gasteiger partial charge on any atom is -0.504 e. The van der Waals surface area contributed by atoms with Crippen molar-refractivity contribution in [3.05, 3.63) is 55.7 Å². The van der Waals surface area contributed by atoms with E-state index in [-0.39, 0.29) is 47.2 Å². The van der Waals surface area contributed by atoms with Gasteiger partial charge in [-0.25, -0.2) is 0 Å². The van der Waals surface area contributed by atoms with Gasteiger partial charge in [0.15, 0.2) is 23.1 Å². The Bertz CT molecular complexity index is 1220. The molecule has 1 aromatic rings. The third kappa shape index (κ3) is 2.92. The first-order valence-corrected chi connectivity index (χ1v) is 11.4. The molecule has 8 heteroatoms. The Morgan fingerprint density at radius 3 is 2.59 bits per heavy atom. The number of aromatic hydroxyl groups is 1. The van der Waals surface area contributed by atoms with Crippen molar-refractivity contribution >= 4 is 46.0 Å². The molecule has 1 aromatic carbocycles. The number of carbonyl (C=O) groups excluding carboxylic acids is 4. The summed E-state index contributed by atoms with van der Waals surface area (Å²) in [6.45, 7) is 1.62. The number of hydrogen-bond acceptors (Lipinski definition) is 6. The van der Waals surface area contributed by atoms with Crippen molar-refractivity contribution < 1.29 is 29.0 Å². The van der Waals surface area contributed by atoms with Crippen LogP contribution in [0.5, 0.6) is 11.5 Å². The lowest BCUT2D eigenvalue weighted by Crippen LogP contribution is -2.39. The van der Waals surface area contributed by atoms with Crippen LogP contribution in [-0.4, -0.2) is 35.6 Å². The molecule has 4 aliphatic rings. The number of carbonyl (C=O) groups is 4. The van der Waals surface area contributed by atoms with Gasteiger partial charge in [-0.2, -0.15) is 0 Å². The normalized spacial score (nSPS) is 29.1. The molecule has 3 aliphatic carbocycles. The van der Waals surface area contributed by atoms with E-state index in [9.17, 15) is 24.3 Å². The standard InChI is InChI=1S/C24H20INO6/c1-9-5-16(27)20-14(21(9)28)8-13-11(3-4-12-19(13)24(31)26-23(12)30)18(20)10-6-15(25)22(29)17(7-10)32-2/h3,5-7,12-13,18-19,29H,4,8H2,1-2H3,(H,26,30,31). The van der Waals surface area contributed by atoms with E-state index in [0.29, 0.717) is 32.3 Å². The molecule has 164 valence electrons. The maximum atomic E-state index is 13.2. The highest BCUT2D eigenvalue weighted by atomic mass is 127. The summed E-state index contributed by atoms with van der Waals surface area (Å²) in [5.41, 5.74) is 2.77. The monoisotopic (exact) mass is 545 g/mol. The molecule has 1 aliphatic heterocycles. The average molecular weight is 545 g/mol. The van der Waals surface area contributed by atoms with Gasteiger partial charge in [0.2, 0.25) is 11.8 Å². The number of hydrogen-bond donors (Lipinski definition) is 2. The first kappa shape index (κ1) is 21.1. The Morgan fingerprint density at radius 1 is 1.12 bits per heavy atom. The van der Waals surface area contributed by atoms with Crippen LogP contribution < -0.4 is 10.1 Å². The second-order valence-corrected chi connectivity index (χ2v) is 9.80. The SMILES string of the molecule is COc1cc(C2C3=CCC4C(=O)NC(=O)C4C3CC3=C2C(=O)C=C(C)C3=O)cc(I)c1O. The van der Waals surface area contributed by atoms with Gasteiger partial charge in [0.25, 0.3) is 0 Å². The summed E-state index contributed by atoms with van der Waals surface area (Å²) in [6.07, 6.45) is 3.97. The number of methoxy groups -OCH3 is 1. The molecule has 0 spiro atoms. The number of fused-ring (bicyclic) bond motifs is 3.